The first-order valence-electron chi connectivity index (χ1n) is 8.73. The molecule has 2 heterocycles. The number of ether oxygens (including phenoxy) is 2. The van der Waals surface area contributed by atoms with Crippen LogP contribution in [0.3, 0.4) is 0 Å². The Bertz CT molecular complexity index is 610. The second kappa shape index (κ2) is 7.63. The second-order valence-corrected chi connectivity index (χ2v) is 6.64. The Morgan fingerprint density at radius 3 is 2.80 bits per heavy atom. The van der Waals surface area contributed by atoms with Crippen molar-refractivity contribution in [2.45, 2.75) is 24.9 Å². The minimum atomic E-state index is -0.433. The van der Waals surface area contributed by atoms with Gasteiger partial charge in [0, 0.05) is 26.6 Å². The van der Waals surface area contributed by atoms with E-state index in [9.17, 15) is 9.59 Å². The van der Waals surface area contributed by atoms with Crippen LogP contribution < -0.4 is 10.1 Å². The quantitative estimate of drug-likeness (QED) is 0.847. The van der Waals surface area contributed by atoms with Crippen LogP contribution in [0.15, 0.2) is 30.3 Å². The molecule has 2 fully saturated rings. The number of likely N-dealkylation sites (tertiary alicyclic amines) is 1. The molecule has 0 saturated carbocycles. The number of urea groups is 1. The van der Waals surface area contributed by atoms with Gasteiger partial charge in [-0.2, -0.15) is 0 Å². The molecule has 0 radical (unpaired) electrons. The molecule has 2 aliphatic heterocycles. The van der Waals surface area contributed by atoms with Crippen LogP contribution in [0.2, 0.25) is 0 Å². The Morgan fingerprint density at radius 2 is 2.08 bits per heavy atom. The number of benzene rings is 1. The number of likely N-dealkylation sites (N-methyl/N-ethyl adjacent to an activating group) is 1. The van der Waals surface area contributed by atoms with E-state index in [1.165, 1.54) is 0 Å². The van der Waals surface area contributed by atoms with Crippen molar-refractivity contribution in [3.05, 3.63) is 30.3 Å². The van der Waals surface area contributed by atoms with E-state index in [-0.39, 0.29) is 12.1 Å². The van der Waals surface area contributed by atoms with Gasteiger partial charge >= 0.3 is 12.1 Å². The molecule has 1 spiro atoms. The zero-order chi connectivity index (χ0) is 17.7. The summed E-state index contributed by atoms with van der Waals surface area (Å²) in [6.07, 6.45) is 2.03. The molecule has 1 unspecified atom stereocenters. The van der Waals surface area contributed by atoms with Crippen molar-refractivity contribution >= 4 is 12.1 Å². The molecule has 7 nitrogen and oxygen atoms in total. The molecule has 25 heavy (non-hydrogen) atoms. The van der Waals surface area contributed by atoms with Gasteiger partial charge in [-0.1, -0.05) is 18.2 Å². The Hall–Kier alpha value is -2.44. The Morgan fingerprint density at radius 1 is 1.28 bits per heavy atom. The zero-order valence-electron chi connectivity index (χ0n) is 14.6. The first-order chi connectivity index (χ1) is 12.1. The van der Waals surface area contributed by atoms with E-state index < -0.39 is 5.60 Å². The van der Waals surface area contributed by atoms with Gasteiger partial charge in [0.15, 0.2) is 0 Å². The predicted molar refractivity (Wildman–Crippen MR) is 92.6 cm³/mol. The first-order valence-corrected chi connectivity index (χ1v) is 8.73. The second-order valence-electron chi connectivity index (χ2n) is 6.64. The van der Waals surface area contributed by atoms with Crippen LogP contribution in [0.25, 0.3) is 0 Å². The van der Waals surface area contributed by atoms with Crippen LogP contribution in [-0.4, -0.2) is 67.4 Å². The van der Waals surface area contributed by atoms with Gasteiger partial charge in [-0.3, -0.25) is 0 Å². The van der Waals surface area contributed by atoms with E-state index in [1.54, 1.807) is 16.8 Å². The van der Waals surface area contributed by atoms with Crippen LogP contribution >= 0.6 is 0 Å². The van der Waals surface area contributed by atoms with E-state index in [0.29, 0.717) is 39.2 Å². The Labute approximate surface area is 147 Å². The van der Waals surface area contributed by atoms with Crippen molar-refractivity contribution < 1.29 is 19.1 Å². The molecular formula is C18H25N3O4. The van der Waals surface area contributed by atoms with Crippen molar-refractivity contribution in [2.75, 3.05) is 39.8 Å². The molecule has 2 aliphatic rings. The average Bonchev–Trinajstić information content (AvgIpc) is 2.77. The Balaban J connectivity index is 1.41. The maximum atomic E-state index is 12.3. The fourth-order valence-corrected chi connectivity index (χ4v) is 3.38. The normalized spacial score (nSPS) is 23.3. The maximum Gasteiger partial charge on any atom is 0.410 e. The molecule has 0 aromatic heterocycles. The number of carbonyl (C=O) groups excluding carboxylic acids is 2. The number of nitrogens with one attached hydrogen (secondary N) is 1. The van der Waals surface area contributed by atoms with Crippen LogP contribution in [0, 0.1) is 0 Å². The molecule has 1 aromatic rings. The van der Waals surface area contributed by atoms with Crippen molar-refractivity contribution in [3.8, 4) is 5.75 Å². The number of carbonyl (C=O) groups is 2. The molecule has 2 saturated heterocycles. The number of nitrogens with zero attached hydrogens (tertiary/aromatic N) is 2. The summed E-state index contributed by atoms with van der Waals surface area (Å²) in [5, 5.41) is 2.89. The molecule has 1 atom stereocenters. The van der Waals surface area contributed by atoms with E-state index in [2.05, 4.69) is 5.32 Å². The van der Waals surface area contributed by atoms with Crippen molar-refractivity contribution in [1.82, 2.24) is 15.1 Å². The smallest absolute Gasteiger partial charge is 0.410 e. The third-order valence-electron chi connectivity index (χ3n) is 4.72. The lowest BCUT2D eigenvalue weighted by Crippen LogP contribution is -2.43. The SMILES string of the molecule is CN1CC2(CCCN(C(=O)NCCOc3ccccc3)CC2)OC1=O. The van der Waals surface area contributed by atoms with Crippen LogP contribution in [0.5, 0.6) is 5.75 Å². The first kappa shape index (κ1) is 17.4. The summed E-state index contributed by atoms with van der Waals surface area (Å²) in [6, 6.07) is 9.43. The molecule has 0 bridgehead atoms. The van der Waals surface area contributed by atoms with Gasteiger partial charge in [-0.15, -0.1) is 0 Å². The molecule has 1 aromatic carbocycles. The molecule has 136 valence electrons. The molecule has 1 N–H and O–H groups in total. The molecular weight excluding hydrogens is 322 g/mol. The highest BCUT2D eigenvalue weighted by molar-refractivity contribution is 5.74. The largest absolute Gasteiger partial charge is 0.492 e. The van der Waals surface area contributed by atoms with E-state index in [4.69, 9.17) is 9.47 Å². The maximum absolute atomic E-state index is 12.3. The fraction of sp³-hybridized carbons (Fsp3) is 0.556. The number of hydrogen-bond acceptors (Lipinski definition) is 4. The van der Waals surface area contributed by atoms with Crippen LogP contribution in [0.4, 0.5) is 9.59 Å². The number of rotatable bonds is 4. The van der Waals surface area contributed by atoms with Gasteiger partial charge in [-0.25, -0.2) is 9.59 Å². The minimum Gasteiger partial charge on any atom is -0.492 e. The van der Waals surface area contributed by atoms with E-state index >= 15 is 0 Å². The standard InChI is InChI=1S/C18H25N3O4/c1-20-14-18(25-17(20)23)8-5-11-21(12-9-18)16(22)19-10-13-24-15-6-3-2-4-7-15/h2-4,6-7H,5,8-14H2,1H3,(H,19,22). The minimum absolute atomic E-state index is 0.0913. The summed E-state index contributed by atoms with van der Waals surface area (Å²) in [5.41, 5.74) is -0.433. The molecule has 3 rings (SSSR count). The summed E-state index contributed by atoms with van der Waals surface area (Å²) in [5.74, 6) is 0.792. The highest BCUT2D eigenvalue weighted by Crippen LogP contribution is 2.32. The summed E-state index contributed by atoms with van der Waals surface area (Å²) in [6.45, 7) is 2.75. The summed E-state index contributed by atoms with van der Waals surface area (Å²) in [7, 11) is 1.75. The fourth-order valence-electron chi connectivity index (χ4n) is 3.38. The lowest BCUT2D eigenvalue weighted by Gasteiger charge is -2.25. The van der Waals surface area contributed by atoms with Gasteiger partial charge in [-0.05, 0) is 25.0 Å². The molecule has 3 amide bonds. The molecule has 0 aliphatic carbocycles. The lowest BCUT2D eigenvalue weighted by molar-refractivity contribution is 0.0453. The third-order valence-corrected chi connectivity index (χ3v) is 4.72. The van der Waals surface area contributed by atoms with E-state index in [1.807, 2.05) is 30.3 Å². The Kier molecular flexibility index (Phi) is 5.31. The zero-order valence-corrected chi connectivity index (χ0v) is 14.6. The van der Waals surface area contributed by atoms with Crippen molar-refractivity contribution in [1.29, 1.82) is 0 Å². The highest BCUT2D eigenvalue weighted by Gasteiger charge is 2.44. The highest BCUT2D eigenvalue weighted by atomic mass is 16.6. The van der Waals surface area contributed by atoms with Gasteiger partial charge < -0.3 is 24.6 Å². The predicted octanol–water partition coefficient (Wildman–Crippen LogP) is 2.08. The van der Waals surface area contributed by atoms with Gasteiger partial charge in [0.05, 0.1) is 13.1 Å². The van der Waals surface area contributed by atoms with Gasteiger partial charge in [0.1, 0.15) is 18.0 Å². The van der Waals surface area contributed by atoms with Gasteiger partial charge in [0.25, 0.3) is 0 Å². The summed E-state index contributed by atoms with van der Waals surface area (Å²) < 4.78 is 11.1. The average molecular weight is 347 g/mol. The van der Waals surface area contributed by atoms with Crippen LogP contribution in [-0.2, 0) is 4.74 Å². The van der Waals surface area contributed by atoms with Crippen molar-refractivity contribution in [3.63, 3.8) is 0 Å². The topological polar surface area (TPSA) is 71.1 Å². The molecule has 7 heteroatoms. The lowest BCUT2D eigenvalue weighted by atomic mass is 9.95. The third kappa shape index (κ3) is 4.35. The number of amides is 3. The summed E-state index contributed by atoms with van der Waals surface area (Å²) in [4.78, 5) is 27.4. The van der Waals surface area contributed by atoms with Crippen molar-refractivity contribution in [2.24, 2.45) is 0 Å². The number of para-hydroxylation sites is 1. The van der Waals surface area contributed by atoms with E-state index in [0.717, 1.165) is 18.6 Å². The number of hydrogen-bond donors (Lipinski definition) is 1. The summed E-state index contributed by atoms with van der Waals surface area (Å²) >= 11 is 0. The monoisotopic (exact) mass is 347 g/mol. The van der Waals surface area contributed by atoms with Gasteiger partial charge in [0.2, 0.25) is 0 Å². The van der Waals surface area contributed by atoms with Crippen LogP contribution in [0.1, 0.15) is 19.3 Å².